The van der Waals surface area contributed by atoms with Gasteiger partial charge in [0.15, 0.2) is 0 Å². The Hall–Kier alpha value is -1.95. The predicted octanol–water partition coefficient (Wildman–Crippen LogP) is 2.42. The highest BCUT2D eigenvalue weighted by Crippen LogP contribution is 2.20. The van der Waals surface area contributed by atoms with Crippen LogP contribution in [0.25, 0.3) is 0 Å². The van der Waals surface area contributed by atoms with Gasteiger partial charge in [-0.15, -0.1) is 5.10 Å². The number of aryl methyl sites for hydroxylation is 1. The number of aromatic nitrogens is 2. The summed E-state index contributed by atoms with van der Waals surface area (Å²) in [6.45, 7) is 4.13. The number of amides is 1. The molecule has 1 heterocycles. The van der Waals surface area contributed by atoms with Gasteiger partial charge in [0.2, 0.25) is 5.91 Å². The number of nitrogens with one attached hydrogen (secondary N) is 2. The van der Waals surface area contributed by atoms with Gasteiger partial charge in [-0.1, -0.05) is 10.6 Å². The summed E-state index contributed by atoms with van der Waals surface area (Å²) in [5.74, 6) is -0.0755. The number of hydrogen-bond acceptors (Lipinski definition) is 5. The molecule has 0 radical (unpaired) electrons. The molecule has 0 spiro atoms. The first-order chi connectivity index (χ1) is 8.65. The Morgan fingerprint density at radius 3 is 2.94 bits per heavy atom. The summed E-state index contributed by atoms with van der Waals surface area (Å²) < 4.78 is 3.81. The first-order valence-corrected chi connectivity index (χ1v) is 6.37. The molecule has 0 atom stereocenters. The van der Waals surface area contributed by atoms with E-state index >= 15 is 0 Å². The zero-order valence-corrected chi connectivity index (χ0v) is 11.0. The molecule has 2 aromatic rings. The van der Waals surface area contributed by atoms with Crippen LogP contribution in [-0.4, -0.2) is 15.5 Å². The van der Waals surface area contributed by atoms with E-state index in [9.17, 15) is 4.79 Å². The average molecular weight is 262 g/mol. The maximum Gasteiger partial charge on any atom is 0.221 e. The van der Waals surface area contributed by atoms with Crippen molar-refractivity contribution < 1.29 is 4.79 Å². The van der Waals surface area contributed by atoms with E-state index in [1.165, 1.54) is 18.5 Å². The van der Waals surface area contributed by atoms with Crippen molar-refractivity contribution in [2.45, 2.75) is 20.4 Å². The Morgan fingerprint density at radius 1 is 1.44 bits per heavy atom. The van der Waals surface area contributed by atoms with Crippen molar-refractivity contribution in [3.8, 4) is 0 Å². The molecule has 0 fully saturated rings. The predicted molar refractivity (Wildman–Crippen MR) is 72.7 cm³/mol. The van der Waals surface area contributed by atoms with E-state index in [4.69, 9.17) is 0 Å². The quantitative estimate of drug-likeness (QED) is 0.888. The molecule has 1 amide bonds. The summed E-state index contributed by atoms with van der Waals surface area (Å²) in [6, 6.07) is 5.76. The first kappa shape index (κ1) is 12.5. The fourth-order valence-electron chi connectivity index (χ4n) is 1.54. The van der Waals surface area contributed by atoms with E-state index in [1.54, 1.807) is 0 Å². The highest BCUT2D eigenvalue weighted by Gasteiger charge is 2.03. The van der Waals surface area contributed by atoms with E-state index in [2.05, 4.69) is 20.2 Å². The molecule has 18 heavy (non-hydrogen) atoms. The first-order valence-electron chi connectivity index (χ1n) is 5.53. The SMILES string of the molecule is CC(=O)Nc1ccc(C)c(NCc2csnn2)c1. The Balaban J connectivity index is 2.08. The van der Waals surface area contributed by atoms with Gasteiger partial charge in [0, 0.05) is 23.7 Å². The number of rotatable bonds is 4. The number of carbonyl (C=O) groups is 1. The lowest BCUT2D eigenvalue weighted by Crippen LogP contribution is -2.07. The second-order valence-electron chi connectivity index (χ2n) is 3.96. The average Bonchev–Trinajstić information content (AvgIpc) is 2.82. The molecular weight excluding hydrogens is 248 g/mol. The van der Waals surface area contributed by atoms with Crippen LogP contribution in [0.3, 0.4) is 0 Å². The van der Waals surface area contributed by atoms with Crippen LogP contribution < -0.4 is 10.6 Å². The summed E-state index contributed by atoms with van der Waals surface area (Å²) >= 11 is 1.33. The van der Waals surface area contributed by atoms with Gasteiger partial charge < -0.3 is 10.6 Å². The van der Waals surface area contributed by atoms with Gasteiger partial charge in [0.05, 0.1) is 12.2 Å². The summed E-state index contributed by atoms with van der Waals surface area (Å²) in [7, 11) is 0. The monoisotopic (exact) mass is 262 g/mol. The zero-order chi connectivity index (χ0) is 13.0. The topological polar surface area (TPSA) is 66.9 Å². The summed E-state index contributed by atoms with van der Waals surface area (Å²) in [4.78, 5) is 11.0. The van der Waals surface area contributed by atoms with Crippen molar-refractivity contribution in [1.82, 2.24) is 9.59 Å². The second kappa shape index (κ2) is 5.59. The van der Waals surface area contributed by atoms with Gasteiger partial charge in [-0.3, -0.25) is 4.79 Å². The van der Waals surface area contributed by atoms with Crippen LogP contribution in [-0.2, 0) is 11.3 Å². The van der Waals surface area contributed by atoms with Crippen molar-refractivity contribution >= 4 is 28.8 Å². The molecule has 6 heteroatoms. The highest BCUT2D eigenvalue weighted by molar-refractivity contribution is 7.03. The van der Waals surface area contributed by atoms with E-state index in [0.717, 1.165) is 22.6 Å². The van der Waals surface area contributed by atoms with Crippen molar-refractivity contribution in [2.75, 3.05) is 10.6 Å². The summed E-state index contributed by atoms with van der Waals surface area (Å²) in [5.41, 5.74) is 3.79. The molecule has 2 N–H and O–H groups in total. The van der Waals surface area contributed by atoms with E-state index in [-0.39, 0.29) is 5.91 Å². The molecule has 0 aliphatic carbocycles. The molecule has 94 valence electrons. The van der Waals surface area contributed by atoms with Crippen LogP contribution >= 0.6 is 11.5 Å². The Morgan fingerprint density at radius 2 is 2.28 bits per heavy atom. The molecule has 1 aromatic heterocycles. The summed E-state index contributed by atoms with van der Waals surface area (Å²) in [6.07, 6.45) is 0. The molecule has 0 saturated carbocycles. The van der Waals surface area contributed by atoms with Crippen LogP contribution in [0.5, 0.6) is 0 Å². The molecule has 0 bridgehead atoms. The third-order valence-electron chi connectivity index (χ3n) is 2.42. The fraction of sp³-hybridized carbons (Fsp3) is 0.250. The normalized spacial score (nSPS) is 10.1. The molecular formula is C12H14N4OS. The van der Waals surface area contributed by atoms with E-state index < -0.39 is 0 Å². The summed E-state index contributed by atoms with van der Waals surface area (Å²) in [5, 5.41) is 11.9. The number of benzene rings is 1. The largest absolute Gasteiger partial charge is 0.379 e. The van der Waals surface area contributed by atoms with Crippen LogP contribution in [0.2, 0.25) is 0 Å². The molecule has 0 aliphatic heterocycles. The third-order valence-corrected chi connectivity index (χ3v) is 2.98. The van der Waals surface area contributed by atoms with Gasteiger partial charge in [-0.25, -0.2) is 0 Å². The minimum Gasteiger partial charge on any atom is -0.379 e. The Kier molecular flexibility index (Phi) is 3.88. The van der Waals surface area contributed by atoms with Crippen molar-refractivity contribution in [3.63, 3.8) is 0 Å². The lowest BCUT2D eigenvalue weighted by atomic mass is 10.1. The number of hydrogen-bond donors (Lipinski definition) is 2. The maximum atomic E-state index is 11.0. The van der Waals surface area contributed by atoms with Gasteiger partial charge >= 0.3 is 0 Å². The fourth-order valence-corrected chi connectivity index (χ4v) is 1.99. The molecule has 5 nitrogen and oxygen atoms in total. The second-order valence-corrected chi connectivity index (χ2v) is 4.57. The van der Waals surface area contributed by atoms with Crippen LogP contribution in [0, 0.1) is 6.92 Å². The van der Waals surface area contributed by atoms with Crippen LogP contribution in [0.1, 0.15) is 18.2 Å². The van der Waals surface area contributed by atoms with Gasteiger partial charge in [-0.2, -0.15) is 0 Å². The molecule has 0 aliphatic rings. The number of nitrogens with zero attached hydrogens (tertiary/aromatic N) is 2. The number of anilines is 2. The lowest BCUT2D eigenvalue weighted by molar-refractivity contribution is -0.114. The lowest BCUT2D eigenvalue weighted by Gasteiger charge is -2.10. The molecule has 1 aromatic carbocycles. The van der Waals surface area contributed by atoms with Gasteiger partial charge in [0.25, 0.3) is 0 Å². The minimum absolute atomic E-state index is 0.0755. The maximum absolute atomic E-state index is 11.0. The number of carbonyl (C=O) groups excluding carboxylic acids is 1. The minimum atomic E-state index is -0.0755. The van der Waals surface area contributed by atoms with Gasteiger partial charge in [0.1, 0.15) is 0 Å². The third kappa shape index (κ3) is 3.27. The Bertz CT molecular complexity index is 539. The van der Waals surface area contributed by atoms with Crippen molar-refractivity contribution in [2.24, 2.45) is 0 Å². The molecule has 0 saturated heterocycles. The Labute approximate surface area is 109 Å². The van der Waals surface area contributed by atoms with Crippen molar-refractivity contribution in [1.29, 1.82) is 0 Å². The highest BCUT2D eigenvalue weighted by atomic mass is 32.1. The standard InChI is InChI=1S/C12H14N4OS/c1-8-3-4-10(14-9(2)17)5-12(8)13-6-11-7-18-16-15-11/h3-5,7,13H,6H2,1-2H3,(H,14,17). The van der Waals surface area contributed by atoms with E-state index in [1.807, 2.05) is 30.5 Å². The van der Waals surface area contributed by atoms with Crippen LogP contribution in [0.4, 0.5) is 11.4 Å². The molecule has 2 rings (SSSR count). The molecule has 0 unspecified atom stereocenters. The van der Waals surface area contributed by atoms with Crippen molar-refractivity contribution in [3.05, 3.63) is 34.8 Å². The smallest absolute Gasteiger partial charge is 0.221 e. The van der Waals surface area contributed by atoms with E-state index in [0.29, 0.717) is 6.54 Å². The zero-order valence-electron chi connectivity index (χ0n) is 10.2. The van der Waals surface area contributed by atoms with Gasteiger partial charge in [-0.05, 0) is 36.2 Å². The van der Waals surface area contributed by atoms with Crippen LogP contribution in [0.15, 0.2) is 23.6 Å².